The van der Waals surface area contributed by atoms with E-state index >= 15 is 0 Å². The number of halogens is 2. The average molecular weight is 705 g/mol. The van der Waals surface area contributed by atoms with Crippen molar-refractivity contribution in [2.75, 3.05) is 76.6 Å². The van der Waals surface area contributed by atoms with E-state index in [1.807, 2.05) is 0 Å². The van der Waals surface area contributed by atoms with Crippen LogP contribution in [0, 0.1) is 0 Å². The fourth-order valence-corrected chi connectivity index (χ4v) is 7.15. The van der Waals surface area contributed by atoms with Gasteiger partial charge in [-0.1, -0.05) is 45.9 Å². The van der Waals surface area contributed by atoms with E-state index in [2.05, 4.69) is 15.1 Å². The lowest BCUT2D eigenvalue weighted by Gasteiger charge is -2.28. The molecule has 252 valence electrons. The summed E-state index contributed by atoms with van der Waals surface area (Å²) in [7, 11) is -4.27. The van der Waals surface area contributed by atoms with Crippen LogP contribution in [-0.2, 0) is 19.6 Å². The maximum absolute atomic E-state index is 13.7. The Morgan fingerprint density at radius 2 is 1.55 bits per heavy atom. The molecule has 0 aliphatic carbocycles. The number of carbonyl (C=O) groups excluding carboxylic acids is 2. The first-order valence-electron chi connectivity index (χ1n) is 15.6. The van der Waals surface area contributed by atoms with Crippen LogP contribution < -0.4 is 14.6 Å². The molecule has 0 atom stereocenters. The standard InChI is InChI=1S/C33H39Cl2N5O6S/c34-27-10-13-31(30(35)24-27)46-40(28-6-2-1-3-7-28)47(43,44)29-11-8-26(9-12-29)33(42)36-25-32(41)39-17-5-16-37(18-19-39)14-4-15-38-20-22-45-23-21-38/h1-3,6-13,24H,4-5,14-23,25H2,(H,36,42). The van der Waals surface area contributed by atoms with Crippen LogP contribution in [0.1, 0.15) is 23.2 Å². The normalized spacial score (nSPS) is 16.3. The Kier molecular flexibility index (Phi) is 12.4. The van der Waals surface area contributed by atoms with Crippen LogP contribution in [0.3, 0.4) is 0 Å². The molecule has 0 saturated carbocycles. The van der Waals surface area contributed by atoms with Gasteiger partial charge in [-0.15, -0.1) is 0 Å². The van der Waals surface area contributed by atoms with Crippen molar-refractivity contribution in [2.45, 2.75) is 17.7 Å². The average Bonchev–Trinajstić information content (AvgIpc) is 3.33. The summed E-state index contributed by atoms with van der Waals surface area (Å²) in [6.07, 6.45) is 1.96. The van der Waals surface area contributed by atoms with Gasteiger partial charge in [-0.3, -0.25) is 14.5 Å². The Labute approximate surface area is 285 Å². The van der Waals surface area contributed by atoms with Crippen LogP contribution in [0.15, 0.2) is 77.7 Å². The molecule has 0 spiro atoms. The minimum absolute atomic E-state index is 0.0880. The van der Waals surface area contributed by atoms with Gasteiger partial charge in [-0.25, -0.2) is 0 Å². The zero-order chi connectivity index (χ0) is 33.2. The Bertz CT molecular complexity index is 1610. The number of sulfonamides is 1. The number of carbonyl (C=O) groups is 2. The molecule has 2 amide bonds. The second-order valence-corrected chi connectivity index (χ2v) is 13.9. The molecule has 0 unspecified atom stereocenters. The van der Waals surface area contributed by atoms with Crippen LogP contribution in [-0.4, -0.2) is 107 Å². The quantitative estimate of drug-likeness (QED) is 0.280. The van der Waals surface area contributed by atoms with Crippen molar-refractivity contribution in [3.8, 4) is 5.75 Å². The first-order valence-corrected chi connectivity index (χ1v) is 17.8. The van der Waals surface area contributed by atoms with E-state index in [1.54, 1.807) is 35.2 Å². The molecule has 14 heteroatoms. The molecule has 1 N–H and O–H groups in total. The SMILES string of the molecule is O=C(NCC(=O)N1CCCN(CCCN2CCOCC2)CC1)c1ccc(S(=O)(=O)N(Oc2ccc(Cl)cc2Cl)c2ccccc2)cc1. The van der Waals surface area contributed by atoms with Gasteiger partial charge < -0.3 is 24.7 Å². The first-order chi connectivity index (χ1) is 22.7. The van der Waals surface area contributed by atoms with Crippen molar-refractivity contribution in [2.24, 2.45) is 0 Å². The molecule has 2 heterocycles. The highest BCUT2D eigenvalue weighted by molar-refractivity contribution is 7.92. The summed E-state index contributed by atoms with van der Waals surface area (Å²) >= 11 is 12.3. The number of benzene rings is 3. The minimum Gasteiger partial charge on any atom is -0.379 e. The van der Waals surface area contributed by atoms with Crippen molar-refractivity contribution < 1.29 is 27.6 Å². The van der Waals surface area contributed by atoms with Gasteiger partial charge in [0.25, 0.3) is 15.9 Å². The van der Waals surface area contributed by atoms with Crippen molar-refractivity contribution >= 4 is 50.7 Å². The van der Waals surface area contributed by atoms with Gasteiger partial charge in [-0.05, 0) is 87.1 Å². The largest absolute Gasteiger partial charge is 0.379 e. The molecular weight excluding hydrogens is 665 g/mol. The van der Waals surface area contributed by atoms with Crippen molar-refractivity contribution in [3.05, 3.63) is 88.4 Å². The van der Waals surface area contributed by atoms with Gasteiger partial charge in [0, 0.05) is 43.3 Å². The second-order valence-electron chi connectivity index (χ2n) is 11.3. The van der Waals surface area contributed by atoms with Crippen molar-refractivity contribution in [3.63, 3.8) is 0 Å². The Hall–Kier alpha value is -3.39. The van der Waals surface area contributed by atoms with Gasteiger partial charge >= 0.3 is 0 Å². The fraction of sp³-hybridized carbons (Fsp3) is 0.394. The summed E-state index contributed by atoms with van der Waals surface area (Å²) < 4.78 is 33.7. The van der Waals surface area contributed by atoms with Crippen LogP contribution in [0.2, 0.25) is 10.0 Å². The van der Waals surface area contributed by atoms with Gasteiger partial charge in [0.05, 0.1) is 35.4 Å². The third-order valence-corrected chi connectivity index (χ3v) is 10.2. The third-order valence-electron chi connectivity index (χ3n) is 8.07. The molecule has 0 aromatic heterocycles. The molecular formula is C33H39Cl2N5O6S. The van der Waals surface area contributed by atoms with Gasteiger partial charge in [0.2, 0.25) is 5.91 Å². The first kappa shape index (κ1) is 34.9. The maximum Gasteiger partial charge on any atom is 0.295 e. The number of ether oxygens (including phenoxy) is 1. The number of hydrogen-bond acceptors (Lipinski definition) is 8. The Morgan fingerprint density at radius 3 is 2.26 bits per heavy atom. The van der Waals surface area contributed by atoms with E-state index in [-0.39, 0.29) is 39.4 Å². The number of morpholine rings is 1. The summed E-state index contributed by atoms with van der Waals surface area (Å²) in [5, 5.41) is 3.18. The monoisotopic (exact) mass is 703 g/mol. The lowest BCUT2D eigenvalue weighted by molar-refractivity contribution is -0.130. The lowest BCUT2D eigenvalue weighted by Crippen LogP contribution is -2.42. The number of amides is 2. The zero-order valence-electron chi connectivity index (χ0n) is 26.0. The highest BCUT2D eigenvalue weighted by Gasteiger charge is 2.29. The molecule has 3 aromatic rings. The van der Waals surface area contributed by atoms with Gasteiger partial charge in [0.15, 0.2) is 5.75 Å². The Balaban J connectivity index is 1.15. The van der Waals surface area contributed by atoms with E-state index in [0.717, 1.165) is 69.8 Å². The molecule has 2 saturated heterocycles. The van der Waals surface area contributed by atoms with E-state index < -0.39 is 15.9 Å². The highest BCUT2D eigenvalue weighted by Crippen LogP contribution is 2.32. The van der Waals surface area contributed by atoms with E-state index in [0.29, 0.717) is 18.1 Å². The summed E-state index contributed by atoms with van der Waals surface area (Å²) in [6, 6.07) is 18.1. The Morgan fingerprint density at radius 1 is 0.851 bits per heavy atom. The summed E-state index contributed by atoms with van der Waals surface area (Å²) in [4.78, 5) is 38.2. The highest BCUT2D eigenvalue weighted by atomic mass is 35.5. The summed E-state index contributed by atoms with van der Waals surface area (Å²) in [5.41, 5.74) is 0.454. The second kappa shape index (κ2) is 16.6. The van der Waals surface area contributed by atoms with Crippen LogP contribution in [0.5, 0.6) is 5.75 Å². The van der Waals surface area contributed by atoms with E-state index in [1.165, 1.54) is 42.5 Å². The number of anilines is 1. The molecule has 2 fully saturated rings. The number of nitrogens with one attached hydrogen (secondary N) is 1. The molecule has 2 aliphatic heterocycles. The smallest absolute Gasteiger partial charge is 0.295 e. The van der Waals surface area contributed by atoms with Crippen molar-refractivity contribution in [1.29, 1.82) is 0 Å². The zero-order valence-corrected chi connectivity index (χ0v) is 28.4. The third kappa shape index (κ3) is 9.59. The number of nitrogens with zero attached hydrogens (tertiary/aromatic N) is 4. The number of rotatable bonds is 12. The molecule has 0 bridgehead atoms. The number of hydrogen-bond donors (Lipinski definition) is 1. The molecule has 2 aliphatic rings. The minimum atomic E-state index is -4.27. The molecule has 3 aromatic carbocycles. The van der Waals surface area contributed by atoms with E-state index in [9.17, 15) is 18.0 Å². The predicted octanol–water partition coefficient (Wildman–Crippen LogP) is 4.17. The molecule has 11 nitrogen and oxygen atoms in total. The van der Waals surface area contributed by atoms with Crippen LogP contribution >= 0.6 is 23.2 Å². The fourth-order valence-electron chi connectivity index (χ4n) is 5.46. The van der Waals surface area contributed by atoms with Crippen LogP contribution in [0.25, 0.3) is 0 Å². The lowest BCUT2D eigenvalue weighted by atomic mass is 10.2. The predicted molar refractivity (Wildman–Crippen MR) is 181 cm³/mol. The molecule has 0 radical (unpaired) electrons. The van der Waals surface area contributed by atoms with E-state index in [4.69, 9.17) is 32.8 Å². The van der Waals surface area contributed by atoms with Gasteiger partial charge in [0.1, 0.15) is 0 Å². The molecule has 5 rings (SSSR count). The molecule has 47 heavy (non-hydrogen) atoms. The maximum atomic E-state index is 13.7. The number of para-hydroxylation sites is 1. The topological polar surface area (TPSA) is 112 Å². The van der Waals surface area contributed by atoms with Gasteiger partial charge in [-0.2, -0.15) is 8.42 Å². The van der Waals surface area contributed by atoms with Crippen molar-refractivity contribution in [1.82, 2.24) is 20.0 Å². The summed E-state index contributed by atoms with van der Waals surface area (Å²) in [5.74, 6) is -0.541. The summed E-state index contributed by atoms with van der Waals surface area (Å²) in [6.45, 7) is 8.46. The van der Waals surface area contributed by atoms with Crippen LogP contribution in [0.4, 0.5) is 5.69 Å².